The monoisotopic (exact) mass is 428 g/mol. The van der Waals surface area contributed by atoms with Gasteiger partial charge < -0.3 is 10.1 Å². The van der Waals surface area contributed by atoms with E-state index in [4.69, 9.17) is 4.74 Å². The van der Waals surface area contributed by atoms with Crippen molar-refractivity contribution < 1.29 is 19.1 Å². The van der Waals surface area contributed by atoms with Gasteiger partial charge in [-0.25, -0.2) is 9.36 Å². The minimum atomic E-state index is -0.680. The van der Waals surface area contributed by atoms with Crippen molar-refractivity contribution in [2.45, 2.75) is 13.8 Å². The second kappa shape index (κ2) is 7.75. The van der Waals surface area contributed by atoms with Crippen LogP contribution in [-0.4, -0.2) is 29.0 Å². The van der Waals surface area contributed by atoms with Crippen LogP contribution in [0.3, 0.4) is 0 Å². The predicted octanol–water partition coefficient (Wildman–Crippen LogP) is 4.60. The topological polar surface area (TPSA) is 77.4 Å². The number of rotatable bonds is 4. The van der Waals surface area contributed by atoms with Crippen LogP contribution in [0.15, 0.2) is 53.0 Å². The van der Waals surface area contributed by atoms with Gasteiger partial charge in [-0.15, -0.1) is 0 Å². The molecule has 0 radical (unpaired) electrons. The number of carbonyl (C=O) groups is 3. The number of carbonyl (C=O) groups excluding carboxylic acids is 3. The van der Waals surface area contributed by atoms with Gasteiger partial charge in [-0.1, -0.05) is 46.3 Å². The summed E-state index contributed by atoms with van der Waals surface area (Å²) in [6, 6.07) is 13.8. The zero-order valence-electron chi connectivity index (χ0n) is 14.8. The maximum absolute atomic E-state index is 13.2. The Morgan fingerprint density at radius 2 is 1.81 bits per heavy atom. The van der Waals surface area contributed by atoms with Crippen molar-refractivity contribution in [3.63, 3.8) is 0 Å². The van der Waals surface area contributed by atoms with Gasteiger partial charge in [-0.3, -0.25) is 9.59 Å². The quantitative estimate of drug-likeness (QED) is 0.616. The number of anilines is 1. The molecular formula is C20H17BrN2O4. The maximum atomic E-state index is 13.2. The van der Waals surface area contributed by atoms with E-state index in [2.05, 4.69) is 21.2 Å². The van der Waals surface area contributed by atoms with Gasteiger partial charge in [-0.2, -0.15) is 0 Å². The number of halogens is 1. The third-order valence-corrected chi connectivity index (χ3v) is 4.42. The number of benzene rings is 2. The number of nitrogens with one attached hydrogen (secondary N) is 1. The molecule has 1 N–H and O–H groups in total. The zero-order chi connectivity index (χ0) is 19.6. The summed E-state index contributed by atoms with van der Waals surface area (Å²) < 4.78 is 7.12. The van der Waals surface area contributed by atoms with Gasteiger partial charge in [-0.05, 0) is 25.1 Å². The first-order valence-corrected chi connectivity index (χ1v) is 9.11. The molecule has 138 valence electrons. The summed E-state index contributed by atoms with van der Waals surface area (Å²) in [5.74, 6) is -0.736. The van der Waals surface area contributed by atoms with Gasteiger partial charge in [0.2, 0.25) is 11.7 Å². The summed E-state index contributed by atoms with van der Waals surface area (Å²) >= 11 is 3.39. The van der Waals surface area contributed by atoms with Crippen molar-refractivity contribution >= 4 is 50.3 Å². The van der Waals surface area contributed by atoms with Crippen molar-refractivity contribution in [2.75, 3.05) is 11.9 Å². The van der Waals surface area contributed by atoms with E-state index in [1.807, 2.05) is 0 Å². The highest BCUT2D eigenvalue weighted by molar-refractivity contribution is 9.10. The smallest absolute Gasteiger partial charge is 0.419 e. The van der Waals surface area contributed by atoms with E-state index in [1.54, 1.807) is 55.5 Å². The average Bonchev–Trinajstić information content (AvgIpc) is 2.95. The highest BCUT2D eigenvalue weighted by Gasteiger charge is 2.28. The lowest BCUT2D eigenvalue weighted by molar-refractivity contribution is -0.114. The number of ether oxygens (including phenoxy) is 1. The fourth-order valence-electron chi connectivity index (χ4n) is 2.88. The number of ketones is 1. The van der Waals surface area contributed by atoms with E-state index in [9.17, 15) is 14.4 Å². The van der Waals surface area contributed by atoms with E-state index in [0.717, 1.165) is 4.47 Å². The maximum Gasteiger partial charge on any atom is 0.419 e. The van der Waals surface area contributed by atoms with E-state index in [-0.39, 0.29) is 29.7 Å². The highest BCUT2D eigenvalue weighted by atomic mass is 79.9. The second-order valence-electron chi connectivity index (χ2n) is 5.80. The van der Waals surface area contributed by atoms with Gasteiger partial charge in [0.15, 0.2) is 0 Å². The van der Waals surface area contributed by atoms with Crippen molar-refractivity contribution in [1.29, 1.82) is 0 Å². The van der Waals surface area contributed by atoms with E-state index in [0.29, 0.717) is 16.5 Å². The van der Waals surface area contributed by atoms with Crippen LogP contribution in [-0.2, 0) is 9.53 Å². The van der Waals surface area contributed by atoms with Crippen LogP contribution < -0.4 is 5.32 Å². The molecule has 0 saturated heterocycles. The lowest BCUT2D eigenvalue weighted by Gasteiger charge is -2.10. The lowest BCUT2D eigenvalue weighted by atomic mass is 10.1. The second-order valence-corrected chi connectivity index (χ2v) is 6.71. The van der Waals surface area contributed by atoms with Crippen LogP contribution in [0.25, 0.3) is 10.9 Å². The van der Waals surface area contributed by atoms with Crippen molar-refractivity contribution in [3.05, 3.63) is 64.3 Å². The molecule has 3 aromatic rings. The Kier molecular flexibility index (Phi) is 5.41. The van der Waals surface area contributed by atoms with Gasteiger partial charge in [0, 0.05) is 22.3 Å². The molecule has 2 aromatic carbocycles. The fourth-order valence-corrected chi connectivity index (χ4v) is 3.25. The summed E-state index contributed by atoms with van der Waals surface area (Å²) in [6.45, 7) is 3.19. The van der Waals surface area contributed by atoms with Crippen LogP contribution in [0.5, 0.6) is 0 Å². The van der Waals surface area contributed by atoms with E-state index in [1.165, 1.54) is 11.5 Å². The third-order valence-electron chi connectivity index (χ3n) is 3.93. The molecule has 0 aliphatic rings. The molecule has 27 heavy (non-hydrogen) atoms. The Labute approximate surface area is 164 Å². The molecule has 0 aliphatic carbocycles. The molecule has 0 saturated carbocycles. The van der Waals surface area contributed by atoms with Crippen LogP contribution in [0.1, 0.15) is 29.9 Å². The van der Waals surface area contributed by atoms with Crippen LogP contribution in [0.4, 0.5) is 10.5 Å². The molecule has 1 heterocycles. The first-order chi connectivity index (χ1) is 12.9. The molecule has 7 heteroatoms. The first-order valence-electron chi connectivity index (χ1n) is 8.32. The minimum Gasteiger partial charge on any atom is -0.449 e. The largest absolute Gasteiger partial charge is 0.449 e. The number of aromatic nitrogens is 1. The number of fused-ring (bicyclic) bond motifs is 1. The Morgan fingerprint density at radius 3 is 2.44 bits per heavy atom. The summed E-state index contributed by atoms with van der Waals surface area (Å²) in [6.07, 6.45) is -0.680. The number of amides is 1. The summed E-state index contributed by atoms with van der Waals surface area (Å²) in [4.78, 5) is 37.7. The average molecular weight is 429 g/mol. The fraction of sp³-hybridized carbons (Fsp3) is 0.150. The third kappa shape index (κ3) is 3.64. The predicted molar refractivity (Wildman–Crippen MR) is 106 cm³/mol. The Hall–Kier alpha value is -2.93. The van der Waals surface area contributed by atoms with Crippen molar-refractivity contribution in [3.8, 4) is 0 Å². The van der Waals surface area contributed by atoms with Crippen LogP contribution in [0.2, 0.25) is 0 Å². The SMILES string of the molecule is CCOC(=O)n1c(C(=O)c2ccccc2)c(NC(C)=O)c2cc(Br)ccc21. The molecule has 0 spiro atoms. The van der Waals surface area contributed by atoms with Crippen molar-refractivity contribution in [2.24, 2.45) is 0 Å². The number of hydrogen-bond acceptors (Lipinski definition) is 4. The van der Waals surface area contributed by atoms with Crippen LogP contribution in [0, 0.1) is 0 Å². The summed E-state index contributed by atoms with van der Waals surface area (Å²) in [7, 11) is 0. The van der Waals surface area contributed by atoms with Gasteiger partial charge >= 0.3 is 6.09 Å². The van der Waals surface area contributed by atoms with Crippen molar-refractivity contribution in [1.82, 2.24) is 4.57 Å². The molecular weight excluding hydrogens is 412 g/mol. The standard InChI is InChI=1S/C20H17BrN2O4/c1-3-27-20(26)23-16-10-9-14(21)11-15(16)17(22-12(2)24)18(23)19(25)13-7-5-4-6-8-13/h4-11H,3H2,1-2H3,(H,22,24). The molecule has 1 aromatic heterocycles. The molecule has 3 rings (SSSR count). The normalized spacial score (nSPS) is 10.6. The van der Waals surface area contributed by atoms with E-state index < -0.39 is 6.09 Å². The molecule has 0 atom stereocenters. The Balaban J connectivity index is 2.36. The molecule has 1 amide bonds. The Bertz CT molecular complexity index is 1040. The Morgan fingerprint density at radius 1 is 1.11 bits per heavy atom. The number of hydrogen-bond donors (Lipinski definition) is 1. The molecule has 0 unspecified atom stereocenters. The number of nitrogens with zero attached hydrogens (tertiary/aromatic N) is 1. The summed E-state index contributed by atoms with van der Waals surface area (Å²) in [5, 5.41) is 3.26. The van der Waals surface area contributed by atoms with E-state index >= 15 is 0 Å². The molecule has 0 bridgehead atoms. The summed E-state index contributed by atoms with van der Waals surface area (Å²) in [5.41, 5.74) is 1.21. The molecule has 0 fully saturated rings. The van der Waals surface area contributed by atoms with Gasteiger partial charge in [0.05, 0.1) is 17.8 Å². The van der Waals surface area contributed by atoms with Gasteiger partial charge in [0.25, 0.3) is 0 Å². The molecule has 0 aliphatic heterocycles. The first kappa shape index (κ1) is 18.8. The van der Waals surface area contributed by atoms with Crippen LogP contribution >= 0.6 is 15.9 Å². The molecule has 6 nitrogen and oxygen atoms in total. The van der Waals surface area contributed by atoms with Gasteiger partial charge in [0.1, 0.15) is 5.69 Å². The minimum absolute atomic E-state index is 0.0583. The lowest BCUT2D eigenvalue weighted by Crippen LogP contribution is -2.21. The highest BCUT2D eigenvalue weighted by Crippen LogP contribution is 2.35. The zero-order valence-corrected chi connectivity index (χ0v) is 16.4.